The molecule has 29 heavy (non-hydrogen) atoms. The number of halogens is 1. The maximum Gasteiger partial charge on any atom is 0.222 e. The minimum Gasteiger partial charge on any atom is -0.379 e. The zero-order chi connectivity index (χ0) is 21.2. The number of ether oxygens (including phenoxy) is 1. The highest BCUT2D eigenvalue weighted by molar-refractivity contribution is 9.10. The lowest BCUT2D eigenvalue weighted by Gasteiger charge is -2.38. The summed E-state index contributed by atoms with van der Waals surface area (Å²) in [6.07, 6.45) is 2.39. The van der Waals surface area contributed by atoms with Crippen molar-refractivity contribution in [2.75, 3.05) is 32.8 Å². The number of nitrogens with zero attached hydrogens (tertiary/aromatic N) is 1. The molecule has 1 fully saturated rings. The molecule has 6 nitrogen and oxygen atoms in total. The maximum atomic E-state index is 12.7. The molecule has 2 N–H and O–H groups in total. The third kappa shape index (κ3) is 7.72. The molecule has 2 rings (SSSR count). The molecule has 1 aliphatic rings. The molecular formula is C22H34BrN3O3. The van der Waals surface area contributed by atoms with Gasteiger partial charge in [0.05, 0.1) is 25.7 Å². The van der Waals surface area contributed by atoms with Gasteiger partial charge in [-0.15, -0.1) is 0 Å². The first kappa shape index (κ1) is 23.8. The summed E-state index contributed by atoms with van der Waals surface area (Å²) in [6, 6.07) is 7.67. The Morgan fingerprint density at radius 1 is 1.14 bits per heavy atom. The molecule has 0 spiro atoms. The number of hydrogen-bond acceptors (Lipinski definition) is 4. The Balaban J connectivity index is 2.00. The smallest absolute Gasteiger partial charge is 0.222 e. The van der Waals surface area contributed by atoms with Crippen molar-refractivity contribution in [3.8, 4) is 0 Å². The van der Waals surface area contributed by atoms with Crippen LogP contribution in [0.3, 0.4) is 0 Å². The fraction of sp³-hybridized carbons (Fsp3) is 0.636. The molecule has 2 amide bonds. The molecule has 0 saturated carbocycles. The van der Waals surface area contributed by atoms with E-state index in [2.05, 4.69) is 45.3 Å². The number of amides is 2. The average Bonchev–Trinajstić information content (AvgIpc) is 2.71. The second-order valence-corrected chi connectivity index (χ2v) is 8.52. The fourth-order valence-electron chi connectivity index (χ4n) is 4.00. The molecule has 0 bridgehead atoms. The maximum absolute atomic E-state index is 12.7. The zero-order valence-electron chi connectivity index (χ0n) is 17.7. The van der Waals surface area contributed by atoms with Gasteiger partial charge in [0, 0.05) is 37.1 Å². The van der Waals surface area contributed by atoms with Crippen molar-refractivity contribution in [1.29, 1.82) is 0 Å². The third-order valence-electron chi connectivity index (χ3n) is 5.66. The van der Waals surface area contributed by atoms with Gasteiger partial charge in [0.25, 0.3) is 0 Å². The normalized spacial score (nSPS) is 17.0. The molecule has 1 aromatic rings. The van der Waals surface area contributed by atoms with Gasteiger partial charge in [-0.2, -0.15) is 0 Å². The Kier molecular flexibility index (Phi) is 10.1. The summed E-state index contributed by atoms with van der Waals surface area (Å²) in [7, 11) is 0. The number of rotatable bonds is 10. The lowest BCUT2D eigenvalue weighted by molar-refractivity contribution is -0.123. The Morgan fingerprint density at radius 3 is 2.31 bits per heavy atom. The molecule has 1 aromatic carbocycles. The van der Waals surface area contributed by atoms with Gasteiger partial charge in [0.15, 0.2) is 0 Å². The summed E-state index contributed by atoms with van der Waals surface area (Å²) >= 11 is 3.42. The highest BCUT2D eigenvalue weighted by Gasteiger charge is 2.27. The van der Waals surface area contributed by atoms with Crippen LogP contribution in [0, 0.1) is 5.92 Å². The molecular weight excluding hydrogens is 434 g/mol. The Hall–Kier alpha value is -1.44. The first-order valence-corrected chi connectivity index (χ1v) is 11.3. The number of benzene rings is 1. The number of carbonyl (C=O) groups excluding carboxylic acids is 2. The van der Waals surface area contributed by atoms with Gasteiger partial charge in [-0.25, -0.2) is 0 Å². The lowest BCUT2D eigenvalue weighted by atomic mass is 9.92. The molecule has 162 valence electrons. The van der Waals surface area contributed by atoms with E-state index >= 15 is 0 Å². The zero-order valence-corrected chi connectivity index (χ0v) is 19.3. The second kappa shape index (κ2) is 12.3. The van der Waals surface area contributed by atoms with E-state index in [9.17, 15) is 9.59 Å². The van der Waals surface area contributed by atoms with E-state index < -0.39 is 0 Å². The largest absolute Gasteiger partial charge is 0.379 e. The van der Waals surface area contributed by atoms with E-state index in [1.165, 1.54) is 6.92 Å². The first-order chi connectivity index (χ1) is 13.9. The van der Waals surface area contributed by atoms with E-state index in [4.69, 9.17) is 4.74 Å². The van der Waals surface area contributed by atoms with E-state index in [-0.39, 0.29) is 24.3 Å². The molecule has 2 atom stereocenters. The summed E-state index contributed by atoms with van der Waals surface area (Å²) < 4.78 is 6.46. The summed E-state index contributed by atoms with van der Waals surface area (Å²) in [6.45, 7) is 9.84. The number of carbonyl (C=O) groups is 2. The van der Waals surface area contributed by atoms with Crippen LogP contribution in [0.15, 0.2) is 28.7 Å². The van der Waals surface area contributed by atoms with Crippen molar-refractivity contribution < 1.29 is 14.3 Å². The van der Waals surface area contributed by atoms with Crippen LogP contribution in [-0.2, 0) is 14.3 Å². The minimum absolute atomic E-state index is 0.0455. The van der Waals surface area contributed by atoms with E-state index in [0.29, 0.717) is 18.5 Å². The third-order valence-corrected chi connectivity index (χ3v) is 6.18. The Labute approximate surface area is 182 Å². The van der Waals surface area contributed by atoms with Gasteiger partial charge in [-0.1, -0.05) is 54.8 Å². The van der Waals surface area contributed by atoms with Crippen molar-refractivity contribution in [1.82, 2.24) is 15.5 Å². The van der Waals surface area contributed by atoms with Crippen molar-refractivity contribution >= 4 is 27.7 Å². The average molecular weight is 468 g/mol. The molecule has 0 radical (unpaired) electrons. The highest BCUT2D eigenvalue weighted by Crippen LogP contribution is 2.21. The van der Waals surface area contributed by atoms with Gasteiger partial charge >= 0.3 is 0 Å². The summed E-state index contributed by atoms with van der Waals surface area (Å²) in [5, 5.41) is 6.03. The second-order valence-electron chi connectivity index (χ2n) is 7.61. The number of morpholine rings is 1. The van der Waals surface area contributed by atoms with Crippen LogP contribution in [-0.4, -0.2) is 55.6 Å². The van der Waals surface area contributed by atoms with Crippen LogP contribution in [0.5, 0.6) is 0 Å². The Morgan fingerprint density at radius 2 is 1.76 bits per heavy atom. The van der Waals surface area contributed by atoms with Crippen molar-refractivity contribution in [2.24, 2.45) is 5.92 Å². The molecule has 1 heterocycles. The van der Waals surface area contributed by atoms with Gasteiger partial charge in [0.1, 0.15) is 0 Å². The topological polar surface area (TPSA) is 70.7 Å². The molecule has 2 unspecified atom stereocenters. The van der Waals surface area contributed by atoms with Gasteiger partial charge in [-0.3, -0.25) is 14.5 Å². The Bertz CT molecular complexity index is 643. The van der Waals surface area contributed by atoms with Crippen LogP contribution in [0.1, 0.15) is 51.6 Å². The monoisotopic (exact) mass is 467 g/mol. The molecule has 7 heteroatoms. The SMILES string of the molecule is CCC(CC)C(CNC(=O)CC(NC(C)=O)c1ccc(Br)cc1)N1CCOCC1. The molecule has 1 aliphatic heterocycles. The van der Waals surface area contributed by atoms with E-state index in [1.54, 1.807) is 0 Å². The van der Waals surface area contributed by atoms with Crippen molar-refractivity contribution in [3.63, 3.8) is 0 Å². The van der Waals surface area contributed by atoms with Crippen molar-refractivity contribution in [2.45, 2.75) is 52.1 Å². The van der Waals surface area contributed by atoms with Crippen LogP contribution >= 0.6 is 15.9 Å². The molecule has 0 aliphatic carbocycles. The number of hydrogen-bond donors (Lipinski definition) is 2. The molecule has 0 aromatic heterocycles. The highest BCUT2D eigenvalue weighted by atomic mass is 79.9. The lowest BCUT2D eigenvalue weighted by Crippen LogP contribution is -2.52. The van der Waals surface area contributed by atoms with Crippen molar-refractivity contribution in [3.05, 3.63) is 34.3 Å². The van der Waals surface area contributed by atoms with Crippen LogP contribution in [0.4, 0.5) is 0 Å². The van der Waals surface area contributed by atoms with E-state index in [0.717, 1.165) is 49.2 Å². The quantitative estimate of drug-likeness (QED) is 0.553. The predicted octanol–water partition coefficient (Wildman–Crippen LogP) is 3.27. The van der Waals surface area contributed by atoms with E-state index in [1.807, 2.05) is 24.3 Å². The summed E-state index contributed by atoms with van der Waals surface area (Å²) in [4.78, 5) is 26.8. The van der Waals surface area contributed by atoms with Gasteiger partial charge in [0.2, 0.25) is 11.8 Å². The summed E-state index contributed by atoms with van der Waals surface area (Å²) in [5.41, 5.74) is 0.920. The standard InChI is InChI=1S/C22H34BrN3O3/c1-4-17(5-2)21(26-10-12-29-13-11-26)15-24-22(28)14-20(25-16(3)27)18-6-8-19(23)9-7-18/h6-9,17,20-21H,4-5,10-15H2,1-3H3,(H,24,28)(H,25,27). The fourth-order valence-corrected chi connectivity index (χ4v) is 4.27. The summed E-state index contributed by atoms with van der Waals surface area (Å²) in [5.74, 6) is 0.343. The minimum atomic E-state index is -0.337. The van der Waals surface area contributed by atoms with Crippen LogP contribution < -0.4 is 10.6 Å². The first-order valence-electron chi connectivity index (χ1n) is 10.6. The molecule has 1 saturated heterocycles. The number of nitrogens with one attached hydrogen (secondary N) is 2. The van der Waals surface area contributed by atoms with Crippen LogP contribution in [0.2, 0.25) is 0 Å². The van der Waals surface area contributed by atoms with Gasteiger partial charge in [-0.05, 0) is 23.6 Å². The van der Waals surface area contributed by atoms with Gasteiger partial charge < -0.3 is 15.4 Å². The predicted molar refractivity (Wildman–Crippen MR) is 119 cm³/mol. The van der Waals surface area contributed by atoms with Crippen LogP contribution in [0.25, 0.3) is 0 Å².